The maximum Gasteiger partial charge on any atom is 0.306 e. The van der Waals surface area contributed by atoms with E-state index < -0.39 is 5.97 Å². The Morgan fingerprint density at radius 1 is 1.03 bits per heavy atom. The van der Waals surface area contributed by atoms with Gasteiger partial charge in [0.25, 0.3) is 5.89 Å². The van der Waals surface area contributed by atoms with Gasteiger partial charge in [-0.25, -0.2) is 4.39 Å². The topological polar surface area (TPSA) is 79.5 Å². The average Bonchev–Trinajstić information content (AvgIpc) is 3.46. The van der Waals surface area contributed by atoms with Crippen molar-refractivity contribution in [1.29, 1.82) is 0 Å². The highest BCUT2D eigenvalue weighted by Crippen LogP contribution is 2.38. The summed E-state index contributed by atoms with van der Waals surface area (Å²) in [5.41, 5.74) is 6.15. The molecule has 2 aliphatic rings. The Kier molecular flexibility index (Phi) is 6.79. The summed E-state index contributed by atoms with van der Waals surface area (Å²) in [6.45, 7) is 3.54. The Morgan fingerprint density at radius 3 is 2.54 bits per heavy atom. The lowest BCUT2D eigenvalue weighted by Crippen LogP contribution is -2.44. The predicted octanol–water partition coefficient (Wildman–Crippen LogP) is 6.77. The molecule has 1 saturated carbocycles. The van der Waals surface area contributed by atoms with Crippen LogP contribution in [-0.4, -0.2) is 32.2 Å². The molecule has 0 atom stereocenters. The van der Waals surface area contributed by atoms with Gasteiger partial charge >= 0.3 is 5.97 Å². The van der Waals surface area contributed by atoms with Gasteiger partial charge in [-0.15, -0.1) is 12.4 Å². The number of hydrogen-bond acceptors (Lipinski definition) is 5. The number of carboxylic acids is 1. The van der Waals surface area contributed by atoms with Crippen molar-refractivity contribution < 1.29 is 18.8 Å². The van der Waals surface area contributed by atoms with Crippen molar-refractivity contribution in [2.75, 3.05) is 0 Å². The first kappa shape index (κ1) is 25.4. The lowest BCUT2D eigenvalue weighted by Gasteiger charge is -2.39. The fourth-order valence-electron chi connectivity index (χ4n) is 5.17. The third-order valence-corrected chi connectivity index (χ3v) is 7.54. The molecule has 0 bridgehead atoms. The van der Waals surface area contributed by atoms with Gasteiger partial charge < -0.3 is 9.63 Å². The highest BCUT2D eigenvalue weighted by Gasteiger charge is 2.39. The third-order valence-electron chi connectivity index (χ3n) is 7.31. The second-order valence-corrected chi connectivity index (χ2v) is 10.1. The van der Waals surface area contributed by atoms with E-state index in [4.69, 9.17) is 21.2 Å². The second-order valence-electron chi connectivity index (χ2n) is 9.63. The number of aryl methyl sites for hydroxylation is 1. The van der Waals surface area contributed by atoms with Crippen molar-refractivity contribution in [2.45, 2.75) is 38.9 Å². The van der Waals surface area contributed by atoms with Gasteiger partial charge in [-0.1, -0.05) is 35.0 Å². The maximum atomic E-state index is 14.4. The number of nitrogens with zero attached hydrogens (tertiary/aromatic N) is 3. The van der Waals surface area contributed by atoms with E-state index in [0.29, 0.717) is 41.2 Å². The molecule has 0 amide bonds. The van der Waals surface area contributed by atoms with Crippen LogP contribution in [0.15, 0.2) is 59.1 Å². The number of aromatic nitrogens is 2. The summed E-state index contributed by atoms with van der Waals surface area (Å²) in [7, 11) is 0. The van der Waals surface area contributed by atoms with Crippen molar-refractivity contribution in [3.05, 3.63) is 82.1 Å². The Bertz CT molecular complexity index is 1500. The molecule has 1 fully saturated rings. The standard InChI is InChI=1S/C28H23ClFN3O3.ClH/c1-15-8-17(4-6-23(15)24-12-21(29)5-7-25(24)30)27-31-26(32-36-27)16-2-3-18-13-33(14-20(18)9-16)22-10-19(11-22)28(34)35;/h2-9,12,19,22H,10-11,13-14H2,1H3,(H,34,35);1H. The van der Waals surface area contributed by atoms with Crippen molar-refractivity contribution in [3.8, 4) is 34.0 Å². The van der Waals surface area contributed by atoms with E-state index in [9.17, 15) is 9.18 Å². The largest absolute Gasteiger partial charge is 0.481 e. The molecule has 2 heterocycles. The molecular formula is C28H24Cl2FN3O3. The highest BCUT2D eigenvalue weighted by atomic mass is 35.5. The number of aliphatic carboxylic acids is 1. The molecule has 1 N–H and O–H groups in total. The van der Waals surface area contributed by atoms with Gasteiger partial charge in [0.2, 0.25) is 5.82 Å². The molecular weight excluding hydrogens is 516 g/mol. The Hall–Kier alpha value is -3.26. The van der Waals surface area contributed by atoms with E-state index in [1.54, 1.807) is 6.07 Å². The molecule has 37 heavy (non-hydrogen) atoms. The SMILES string of the molecule is Cc1cc(-c2nc(-c3ccc4c(c3)CN(C3CC(C(=O)O)C3)C4)no2)ccc1-c1cc(Cl)ccc1F.Cl. The molecule has 1 aliphatic carbocycles. The first-order chi connectivity index (χ1) is 17.4. The predicted molar refractivity (Wildman–Crippen MR) is 141 cm³/mol. The molecule has 9 heteroatoms. The van der Waals surface area contributed by atoms with Crippen molar-refractivity contribution in [2.24, 2.45) is 5.92 Å². The van der Waals surface area contributed by atoms with E-state index in [2.05, 4.69) is 27.2 Å². The van der Waals surface area contributed by atoms with Gasteiger partial charge in [0.05, 0.1) is 5.92 Å². The van der Waals surface area contributed by atoms with Gasteiger partial charge in [0.1, 0.15) is 5.82 Å². The highest BCUT2D eigenvalue weighted by molar-refractivity contribution is 6.30. The summed E-state index contributed by atoms with van der Waals surface area (Å²) in [6.07, 6.45) is 1.43. The maximum absolute atomic E-state index is 14.4. The van der Waals surface area contributed by atoms with Gasteiger partial charge in [-0.2, -0.15) is 4.98 Å². The van der Waals surface area contributed by atoms with Crippen LogP contribution in [0.2, 0.25) is 5.02 Å². The van der Waals surface area contributed by atoms with Crippen molar-refractivity contribution >= 4 is 30.0 Å². The monoisotopic (exact) mass is 539 g/mol. The normalized spacial score (nSPS) is 18.7. The number of carbonyl (C=O) groups is 1. The molecule has 3 aromatic carbocycles. The van der Waals surface area contributed by atoms with Crippen molar-refractivity contribution in [3.63, 3.8) is 0 Å². The minimum absolute atomic E-state index is 0. The lowest BCUT2D eigenvalue weighted by atomic mass is 9.79. The number of fused-ring (bicyclic) bond motifs is 1. The Morgan fingerprint density at radius 2 is 1.78 bits per heavy atom. The van der Waals surface area contributed by atoms with Crippen LogP contribution in [-0.2, 0) is 17.9 Å². The van der Waals surface area contributed by atoms with Crippen LogP contribution in [0.25, 0.3) is 34.0 Å². The Labute approximate surface area is 224 Å². The average molecular weight is 540 g/mol. The fourth-order valence-corrected chi connectivity index (χ4v) is 5.34. The minimum Gasteiger partial charge on any atom is -0.481 e. The first-order valence-corrected chi connectivity index (χ1v) is 12.2. The van der Waals surface area contributed by atoms with Gasteiger partial charge in [0.15, 0.2) is 0 Å². The number of carboxylic acid groups (broad SMARTS) is 1. The zero-order valence-electron chi connectivity index (χ0n) is 19.9. The van der Waals surface area contributed by atoms with E-state index in [1.165, 1.54) is 23.3 Å². The number of hydrogen-bond donors (Lipinski definition) is 1. The van der Waals surface area contributed by atoms with Crippen LogP contribution in [0, 0.1) is 18.7 Å². The van der Waals surface area contributed by atoms with Crippen LogP contribution in [0.1, 0.15) is 29.5 Å². The van der Waals surface area contributed by atoms with Crippen LogP contribution in [0.4, 0.5) is 4.39 Å². The van der Waals surface area contributed by atoms with Crippen LogP contribution >= 0.6 is 24.0 Å². The Balaban J connectivity index is 0.00000280. The van der Waals surface area contributed by atoms with Gasteiger partial charge in [0, 0.05) is 40.8 Å². The fraction of sp³-hybridized carbons (Fsp3) is 0.250. The van der Waals surface area contributed by atoms with Gasteiger partial charge in [-0.05, 0) is 78.4 Å². The first-order valence-electron chi connectivity index (χ1n) is 11.8. The summed E-state index contributed by atoms with van der Waals surface area (Å²) in [6, 6.07) is 16.6. The van der Waals surface area contributed by atoms with E-state index >= 15 is 0 Å². The summed E-state index contributed by atoms with van der Waals surface area (Å²) >= 11 is 6.07. The molecule has 4 aromatic rings. The summed E-state index contributed by atoms with van der Waals surface area (Å²) < 4.78 is 19.9. The zero-order chi connectivity index (χ0) is 25.0. The molecule has 1 aromatic heterocycles. The van der Waals surface area contributed by atoms with E-state index in [-0.39, 0.29) is 24.1 Å². The van der Waals surface area contributed by atoms with Gasteiger partial charge in [-0.3, -0.25) is 9.69 Å². The second kappa shape index (κ2) is 9.89. The molecule has 190 valence electrons. The molecule has 6 nitrogen and oxygen atoms in total. The quantitative estimate of drug-likeness (QED) is 0.301. The summed E-state index contributed by atoms with van der Waals surface area (Å²) in [4.78, 5) is 18.1. The third kappa shape index (κ3) is 4.75. The molecule has 6 rings (SSSR count). The zero-order valence-corrected chi connectivity index (χ0v) is 21.5. The van der Waals surface area contributed by atoms with Crippen molar-refractivity contribution in [1.82, 2.24) is 15.0 Å². The van der Waals surface area contributed by atoms with Crippen LogP contribution in [0.3, 0.4) is 0 Å². The number of rotatable bonds is 5. The van der Waals surface area contributed by atoms with Crippen LogP contribution < -0.4 is 0 Å². The van der Waals surface area contributed by atoms with Crippen LogP contribution in [0.5, 0.6) is 0 Å². The minimum atomic E-state index is -0.695. The summed E-state index contributed by atoms with van der Waals surface area (Å²) in [5, 5.41) is 13.8. The summed E-state index contributed by atoms with van der Waals surface area (Å²) in [5.74, 6) is -0.343. The molecule has 0 spiro atoms. The molecule has 1 aliphatic heterocycles. The molecule has 0 radical (unpaired) electrons. The molecule has 0 saturated heterocycles. The number of halogens is 3. The van der Waals surface area contributed by atoms with E-state index in [0.717, 1.165) is 35.3 Å². The number of benzene rings is 3. The smallest absolute Gasteiger partial charge is 0.306 e. The van der Waals surface area contributed by atoms with E-state index in [1.807, 2.05) is 31.2 Å². The lowest BCUT2D eigenvalue weighted by molar-refractivity contribution is -0.147. The molecule has 0 unspecified atom stereocenters.